The minimum atomic E-state index is 0.431. The van der Waals surface area contributed by atoms with Crippen LogP contribution in [-0.2, 0) is 0 Å². The van der Waals surface area contributed by atoms with Crippen LogP contribution >= 0.6 is 22.9 Å². The third-order valence-corrected chi connectivity index (χ3v) is 2.28. The predicted molar refractivity (Wildman–Crippen MR) is 42.8 cm³/mol. The largest absolute Gasteiger partial charge is 0.327 e. The van der Waals surface area contributed by atoms with Gasteiger partial charge in [-0.1, -0.05) is 0 Å². The van der Waals surface area contributed by atoms with Crippen LogP contribution in [0.15, 0.2) is 0 Å². The van der Waals surface area contributed by atoms with E-state index in [4.69, 9.17) is 5.73 Å². The summed E-state index contributed by atoms with van der Waals surface area (Å²) in [5.74, 6) is 0. The second-order valence-corrected chi connectivity index (χ2v) is 3.64. The van der Waals surface area contributed by atoms with E-state index in [2.05, 4.69) is 26.0 Å². The lowest BCUT2D eigenvalue weighted by atomic mass is 10.1. The number of rotatable bonds is 0. The molecule has 1 saturated heterocycles. The zero-order chi connectivity index (χ0) is 5.98. The van der Waals surface area contributed by atoms with Gasteiger partial charge in [-0.05, 0) is 12.8 Å². The van der Waals surface area contributed by atoms with Crippen LogP contribution in [0.25, 0.3) is 0 Å². The van der Waals surface area contributed by atoms with E-state index in [1.54, 1.807) is 0 Å². The predicted octanol–water partition coefficient (Wildman–Crippen LogP) is 0.760. The maximum Gasteiger partial charge on any atom is 0.0233 e. The van der Waals surface area contributed by atoms with Gasteiger partial charge >= 0.3 is 0 Å². The minimum Gasteiger partial charge on any atom is -0.327 e. The zero-order valence-corrected chi connectivity index (χ0v) is 6.97. The average molecular weight is 226 g/mol. The van der Waals surface area contributed by atoms with Gasteiger partial charge in [0.15, 0.2) is 0 Å². The van der Waals surface area contributed by atoms with Crippen molar-refractivity contribution in [1.29, 1.82) is 0 Å². The van der Waals surface area contributed by atoms with Gasteiger partial charge in [0.05, 0.1) is 0 Å². The van der Waals surface area contributed by atoms with Crippen LogP contribution < -0.4 is 5.73 Å². The van der Waals surface area contributed by atoms with Gasteiger partial charge in [0.2, 0.25) is 0 Å². The van der Waals surface area contributed by atoms with Crippen molar-refractivity contribution in [1.82, 2.24) is 3.11 Å². The summed E-state index contributed by atoms with van der Waals surface area (Å²) in [5, 5.41) is 0. The molecule has 0 aromatic heterocycles. The van der Waals surface area contributed by atoms with Gasteiger partial charge in [0.25, 0.3) is 0 Å². The van der Waals surface area contributed by atoms with E-state index >= 15 is 0 Å². The van der Waals surface area contributed by atoms with Crippen molar-refractivity contribution in [2.45, 2.75) is 18.9 Å². The SMILES string of the molecule is N[C@H]1CCCN(I)C1. The molecule has 8 heavy (non-hydrogen) atoms. The van der Waals surface area contributed by atoms with Crippen molar-refractivity contribution >= 4 is 22.9 Å². The summed E-state index contributed by atoms with van der Waals surface area (Å²) in [6.07, 6.45) is 2.48. The molecular formula is C5H11IN2. The first-order chi connectivity index (χ1) is 3.79. The molecule has 1 rings (SSSR count). The molecule has 0 radical (unpaired) electrons. The summed E-state index contributed by atoms with van der Waals surface area (Å²) < 4.78 is 2.26. The Bertz CT molecular complexity index is 68.8. The minimum absolute atomic E-state index is 0.431. The van der Waals surface area contributed by atoms with Crippen molar-refractivity contribution in [2.75, 3.05) is 13.1 Å². The number of nitrogens with two attached hydrogens (primary N) is 1. The van der Waals surface area contributed by atoms with Crippen molar-refractivity contribution in [3.05, 3.63) is 0 Å². The molecule has 0 saturated carbocycles. The molecule has 2 nitrogen and oxygen atoms in total. The molecule has 1 heterocycles. The number of nitrogens with zero attached hydrogens (tertiary/aromatic N) is 1. The molecule has 0 unspecified atom stereocenters. The second-order valence-electron chi connectivity index (χ2n) is 2.27. The molecule has 1 aliphatic heterocycles. The molecule has 3 heteroatoms. The van der Waals surface area contributed by atoms with Crippen molar-refractivity contribution in [2.24, 2.45) is 5.73 Å². The van der Waals surface area contributed by atoms with Crippen LogP contribution in [0, 0.1) is 0 Å². The van der Waals surface area contributed by atoms with Crippen LogP contribution in [-0.4, -0.2) is 22.2 Å². The summed E-state index contributed by atoms with van der Waals surface area (Å²) in [4.78, 5) is 0. The molecule has 0 amide bonds. The topological polar surface area (TPSA) is 29.3 Å². The van der Waals surface area contributed by atoms with E-state index in [0.29, 0.717) is 6.04 Å². The first-order valence-electron chi connectivity index (χ1n) is 2.95. The summed E-state index contributed by atoms with van der Waals surface area (Å²) >= 11 is 2.33. The van der Waals surface area contributed by atoms with E-state index in [1.807, 2.05) is 0 Å². The summed E-state index contributed by atoms with van der Waals surface area (Å²) in [7, 11) is 0. The Hall–Kier alpha value is 0.650. The molecule has 2 N–H and O–H groups in total. The lowest BCUT2D eigenvalue weighted by molar-refractivity contribution is 0.365. The van der Waals surface area contributed by atoms with Crippen LogP contribution in [0.2, 0.25) is 0 Å². The Kier molecular flexibility index (Phi) is 2.52. The molecule has 1 aliphatic rings. The monoisotopic (exact) mass is 226 g/mol. The van der Waals surface area contributed by atoms with Crippen molar-refractivity contribution < 1.29 is 0 Å². The lowest BCUT2D eigenvalue weighted by Gasteiger charge is -2.24. The molecule has 0 bridgehead atoms. The second kappa shape index (κ2) is 2.98. The van der Waals surface area contributed by atoms with E-state index in [1.165, 1.54) is 19.4 Å². The smallest absolute Gasteiger partial charge is 0.0233 e. The van der Waals surface area contributed by atoms with Crippen LogP contribution in [0.3, 0.4) is 0 Å². The fourth-order valence-electron chi connectivity index (χ4n) is 0.962. The van der Waals surface area contributed by atoms with E-state index in [9.17, 15) is 0 Å². The Morgan fingerprint density at radius 3 is 2.75 bits per heavy atom. The Balaban J connectivity index is 2.23. The maximum atomic E-state index is 5.68. The first-order valence-corrected chi connectivity index (χ1v) is 3.92. The van der Waals surface area contributed by atoms with E-state index in [0.717, 1.165) is 6.54 Å². The number of halogens is 1. The van der Waals surface area contributed by atoms with E-state index < -0.39 is 0 Å². The number of piperidine rings is 1. The summed E-state index contributed by atoms with van der Waals surface area (Å²) in [6, 6.07) is 0.431. The molecule has 1 atom stereocenters. The molecule has 0 spiro atoms. The molecule has 0 aromatic carbocycles. The third kappa shape index (κ3) is 1.87. The summed E-state index contributed by atoms with van der Waals surface area (Å²) in [6.45, 7) is 2.29. The highest BCUT2D eigenvalue weighted by Gasteiger charge is 2.12. The Labute approximate surface area is 63.9 Å². The van der Waals surface area contributed by atoms with Gasteiger partial charge in [-0.25, -0.2) is 3.11 Å². The fourth-order valence-corrected chi connectivity index (χ4v) is 1.81. The maximum absolute atomic E-state index is 5.68. The van der Waals surface area contributed by atoms with Gasteiger partial charge in [-0.3, -0.25) is 0 Å². The molecule has 1 fully saturated rings. The number of hydrogen-bond acceptors (Lipinski definition) is 2. The van der Waals surface area contributed by atoms with E-state index in [-0.39, 0.29) is 0 Å². The van der Waals surface area contributed by atoms with Crippen LogP contribution in [0.4, 0.5) is 0 Å². The zero-order valence-electron chi connectivity index (χ0n) is 4.81. The normalized spacial score (nSPS) is 33.0. The summed E-state index contributed by atoms with van der Waals surface area (Å²) in [5.41, 5.74) is 5.68. The highest BCUT2D eigenvalue weighted by Crippen LogP contribution is 2.11. The molecule has 0 aromatic rings. The van der Waals surface area contributed by atoms with Crippen LogP contribution in [0.1, 0.15) is 12.8 Å². The molecule has 0 aliphatic carbocycles. The number of hydrogen-bond donors (Lipinski definition) is 1. The van der Waals surface area contributed by atoms with Gasteiger partial charge < -0.3 is 5.73 Å². The van der Waals surface area contributed by atoms with Gasteiger partial charge in [0, 0.05) is 42.0 Å². The van der Waals surface area contributed by atoms with Gasteiger partial charge in [-0.2, -0.15) is 0 Å². The van der Waals surface area contributed by atoms with Gasteiger partial charge in [-0.15, -0.1) is 0 Å². The quantitative estimate of drug-likeness (QED) is 0.488. The third-order valence-electron chi connectivity index (χ3n) is 1.41. The lowest BCUT2D eigenvalue weighted by Crippen LogP contribution is -2.37. The van der Waals surface area contributed by atoms with Crippen molar-refractivity contribution in [3.63, 3.8) is 0 Å². The van der Waals surface area contributed by atoms with Crippen LogP contribution in [0.5, 0.6) is 0 Å². The Morgan fingerprint density at radius 2 is 2.38 bits per heavy atom. The fraction of sp³-hybridized carbons (Fsp3) is 1.00. The standard InChI is InChI=1S/C5H11IN2/c6-8-3-1-2-5(7)4-8/h5H,1-4,7H2/t5-/m0/s1. The highest BCUT2D eigenvalue weighted by molar-refractivity contribution is 14.1. The highest BCUT2D eigenvalue weighted by atomic mass is 127. The van der Waals surface area contributed by atoms with Crippen molar-refractivity contribution in [3.8, 4) is 0 Å². The van der Waals surface area contributed by atoms with Gasteiger partial charge in [0.1, 0.15) is 0 Å². The molecule has 48 valence electrons. The average Bonchev–Trinajstić information content (AvgIpc) is 1.64. The molecular weight excluding hydrogens is 215 g/mol. The first kappa shape index (κ1) is 6.77. The Morgan fingerprint density at radius 1 is 1.62 bits per heavy atom.